The Labute approximate surface area is 142 Å². The molecule has 130 valence electrons. The van der Waals surface area contributed by atoms with Crippen molar-refractivity contribution in [1.82, 2.24) is 9.88 Å². The number of aliphatic hydroxyl groups is 1. The first-order valence-corrected chi connectivity index (χ1v) is 8.26. The van der Waals surface area contributed by atoms with Gasteiger partial charge < -0.3 is 19.7 Å². The molecule has 1 aromatic carbocycles. The molecule has 0 bridgehead atoms. The molecule has 2 amide bonds. The summed E-state index contributed by atoms with van der Waals surface area (Å²) < 4.78 is 5.63. The molecule has 0 atom stereocenters. The van der Waals surface area contributed by atoms with Gasteiger partial charge in [-0.15, -0.1) is 0 Å². The predicted molar refractivity (Wildman–Crippen MR) is 94.0 cm³/mol. The van der Waals surface area contributed by atoms with Crippen molar-refractivity contribution in [3.63, 3.8) is 0 Å². The molecule has 0 unspecified atom stereocenters. The molecule has 0 aliphatic carbocycles. The largest absolute Gasteiger partial charge is 0.441 e. The molecule has 6 heteroatoms. The number of nitrogens with one attached hydrogen (secondary N) is 1. The van der Waals surface area contributed by atoms with Gasteiger partial charge in [0.2, 0.25) is 5.89 Å². The zero-order chi connectivity index (χ0) is 17.5. The van der Waals surface area contributed by atoms with E-state index in [0.29, 0.717) is 24.7 Å². The van der Waals surface area contributed by atoms with Crippen LogP contribution in [0.1, 0.15) is 31.2 Å². The Morgan fingerprint density at radius 1 is 1.33 bits per heavy atom. The van der Waals surface area contributed by atoms with Gasteiger partial charge in [-0.05, 0) is 38.5 Å². The van der Waals surface area contributed by atoms with Crippen molar-refractivity contribution < 1.29 is 14.3 Å². The third kappa shape index (κ3) is 4.58. The summed E-state index contributed by atoms with van der Waals surface area (Å²) >= 11 is 0. The summed E-state index contributed by atoms with van der Waals surface area (Å²) in [6.45, 7) is 6.74. The predicted octanol–water partition coefficient (Wildman–Crippen LogP) is 3.58. The van der Waals surface area contributed by atoms with Crippen LogP contribution in [0.15, 0.2) is 28.7 Å². The number of oxazole rings is 1. The standard InChI is InChI=1S/C18H25N3O3/c1-4-5-9-21(10-11-22)18(23)20-16-8-6-7-15(12-16)17-19-13(2)14(3)24-17/h6-8,12,22H,4-5,9-11H2,1-3H3,(H,20,23). The van der Waals surface area contributed by atoms with Crippen molar-refractivity contribution >= 4 is 11.7 Å². The minimum Gasteiger partial charge on any atom is -0.441 e. The van der Waals surface area contributed by atoms with Crippen molar-refractivity contribution in [2.24, 2.45) is 0 Å². The van der Waals surface area contributed by atoms with Gasteiger partial charge in [0.25, 0.3) is 0 Å². The van der Waals surface area contributed by atoms with Crippen LogP contribution >= 0.6 is 0 Å². The summed E-state index contributed by atoms with van der Waals surface area (Å²) in [6.07, 6.45) is 1.90. The number of aliphatic hydroxyl groups excluding tert-OH is 1. The molecule has 0 aliphatic rings. The Hall–Kier alpha value is -2.34. The van der Waals surface area contributed by atoms with Gasteiger partial charge >= 0.3 is 6.03 Å². The van der Waals surface area contributed by atoms with E-state index in [1.165, 1.54) is 0 Å². The highest BCUT2D eigenvalue weighted by Gasteiger charge is 2.14. The number of benzene rings is 1. The Morgan fingerprint density at radius 2 is 2.12 bits per heavy atom. The van der Waals surface area contributed by atoms with Crippen molar-refractivity contribution in [2.75, 3.05) is 25.0 Å². The van der Waals surface area contributed by atoms with Crippen molar-refractivity contribution in [3.05, 3.63) is 35.7 Å². The zero-order valence-electron chi connectivity index (χ0n) is 14.5. The number of carbonyl (C=O) groups excluding carboxylic acids is 1. The van der Waals surface area contributed by atoms with Crippen LogP contribution in [0, 0.1) is 13.8 Å². The molecule has 6 nitrogen and oxygen atoms in total. The normalized spacial score (nSPS) is 10.7. The first-order chi connectivity index (χ1) is 11.5. The SMILES string of the molecule is CCCCN(CCO)C(=O)Nc1cccc(-c2nc(C)c(C)o2)c1. The molecule has 0 radical (unpaired) electrons. The van der Waals surface area contributed by atoms with E-state index in [1.54, 1.807) is 4.90 Å². The number of carbonyl (C=O) groups is 1. The number of rotatable bonds is 7. The van der Waals surface area contributed by atoms with E-state index in [0.717, 1.165) is 29.9 Å². The Balaban J connectivity index is 2.11. The highest BCUT2D eigenvalue weighted by molar-refractivity contribution is 5.90. The van der Waals surface area contributed by atoms with Crippen molar-refractivity contribution in [2.45, 2.75) is 33.6 Å². The van der Waals surface area contributed by atoms with E-state index >= 15 is 0 Å². The van der Waals surface area contributed by atoms with E-state index in [-0.39, 0.29) is 12.6 Å². The van der Waals surface area contributed by atoms with Gasteiger partial charge in [-0.2, -0.15) is 0 Å². The quantitative estimate of drug-likeness (QED) is 0.813. The number of aryl methyl sites for hydroxylation is 2. The number of aromatic nitrogens is 1. The summed E-state index contributed by atoms with van der Waals surface area (Å²) in [5.41, 5.74) is 2.34. The van der Waals surface area contributed by atoms with Crippen LogP contribution in [0.3, 0.4) is 0 Å². The molecule has 2 N–H and O–H groups in total. The topological polar surface area (TPSA) is 78.6 Å². The molecule has 0 spiro atoms. The molecule has 24 heavy (non-hydrogen) atoms. The smallest absolute Gasteiger partial charge is 0.321 e. The fourth-order valence-corrected chi connectivity index (χ4v) is 2.31. The van der Waals surface area contributed by atoms with Gasteiger partial charge in [0, 0.05) is 24.3 Å². The minimum absolute atomic E-state index is 0.0496. The average Bonchev–Trinajstić information content (AvgIpc) is 2.91. The van der Waals surface area contributed by atoms with Gasteiger partial charge in [-0.25, -0.2) is 9.78 Å². The lowest BCUT2D eigenvalue weighted by Gasteiger charge is -2.22. The van der Waals surface area contributed by atoms with Crippen LogP contribution in [0.2, 0.25) is 0 Å². The van der Waals surface area contributed by atoms with Crippen LogP contribution in [0.4, 0.5) is 10.5 Å². The number of hydrogen-bond acceptors (Lipinski definition) is 4. The van der Waals surface area contributed by atoms with Crippen LogP contribution in [-0.2, 0) is 0 Å². The molecular formula is C18H25N3O3. The maximum atomic E-state index is 12.4. The fraction of sp³-hybridized carbons (Fsp3) is 0.444. The van der Waals surface area contributed by atoms with Crippen LogP contribution < -0.4 is 5.32 Å². The third-order valence-electron chi connectivity index (χ3n) is 3.83. The summed E-state index contributed by atoms with van der Waals surface area (Å²) in [5.74, 6) is 1.33. The van der Waals surface area contributed by atoms with Crippen LogP contribution in [0.25, 0.3) is 11.5 Å². The Kier molecular flexibility index (Phi) is 6.37. The maximum Gasteiger partial charge on any atom is 0.321 e. The lowest BCUT2D eigenvalue weighted by Crippen LogP contribution is -2.37. The summed E-state index contributed by atoms with van der Waals surface area (Å²) in [5, 5.41) is 12.0. The van der Waals surface area contributed by atoms with Crippen LogP contribution in [0.5, 0.6) is 0 Å². The number of hydrogen-bond donors (Lipinski definition) is 2. The second-order valence-corrected chi connectivity index (χ2v) is 5.74. The summed E-state index contributed by atoms with van der Waals surface area (Å²) in [4.78, 5) is 18.4. The number of urea groups is 1. The van der Waals surface area contributed by atoms with E-state index < -0.39 is 0 Å². The number of unbranched alkanes of at least 4 members (excludes halogenated alkanes) is 1. The lowest BCUT2D eigenvalue weighted by molar-refractivity contribution is 0.187. The zero-order valence-corrected chi connectivity index (χ0v) is 14.5. The van der Waals surface area contributed by atoms with Gasteiger partial charge in [0.1, 0.15) is 5.76 Å². The number of nitrogens with zero attached hydrogens (tertiary/aromatic N) is 2. The third-order valence-corrected chi connectivity index (χ3v) is 3.83. The highest BCUT2D eigenvalue weighted by Crippen LogP contribution is 2.24. The molecule has 2 aromatic rings. The number of anilines is 1. The maximum absolute atomic E-state index is 12.4. The monoisotopic (exact) mass is 331 g/mol. The van der Waals surface area contributed by atoms with Gasteiger partial charge in [-0.1, -0.05) is 19.4 Å². The van der Waals surface area contributed by atoms with E-state index in [4.69, 9.17) is 9.52 Å². The molecule has 1 heterocycles. The fourth-order valence-electron chi connectivity index (χ4n) is 2.31. The molecule has 1 aromatic heterocycles. The van der Waals surface area contributed by atoms with Gasteiger partial charge in [0.05, 0.1) is 12.3 Å². The average molecular weight is 331 g/mol. The Bertz CT molecular complexity index is 662. The van der Waals surface area contributed by atoms with Crippen molar-refractivity contribution in [3.8, 4) is 11.5 Å². The summed E-state index contributed by atoms with van der Waals surface area (Å²) in [7, 11) is 0. The molecular weight excluding hydrogens is 306 g/mol. The number of amides is 2. The van der Waals surface area contributed by atoms with Gasteiger partial charge in [-0.3, -0.25) is 0 Å². The summed E-state index contributed by atoms with van der Waals surface area (Å²) in [6, 6.07) is 7.18. The molecule has 0 saturated heterocycles. The molecule has 2 rings (SSSR count). The lowest BCUT2D eigenvalue weighted by atomic mass is 10.2. The minimum atomic E-state index is -0.214. The van der Waals surface area contributed by atoms with Crippen LogP contribution in [-0.4, -0.2) is 40.7 Å². The molecule has 0 aliphatic heterocycles. The van der Waals surface area contributed by atoms with Gasteiger partial charge in [0.15, 0.2) is 0 Å². The molecule has 0 fully saturated rings. The second kappa shape index (κ2) is 8.49. The first-order valence-electron chi connectivity index (χ1n) is 8.26. The van der Waals surface area contributed by atoms with E-state index in [1.807, 2.05) is 38.1 Å². The van der Waals surface area contributed by atoms with E-state index in [2.05, 4.69) is 17.2 Å². The Morgan fingerprint density at radius 3 is 2.75 bits per heavy atom. The van der Waals surface area contributed by atoms with Crippen molar-refractivity contribution in [1.29, 1.82) is 0 Å². The molecule has 0 saturated carbocycles. The van der Waals surface area contributed by atoms with E-state index in [9.17, 15) is 4.79 Å². The second-order valence-electron chi connectivity index (χ2n) is 5.74. The first kappa shape index (κ1) is 18.0. The highest BCUT2D eigenvalue weighted by atomic mass is 16.4.